The smallest absolute Gasteiger partial charge is 0.328 e. The highest BCUT2D eigenvalue weighted by Gasteiger charge is 2.29. The topological polar surface area (TPSA) is 49.4 Å². The van der Waals surface area contributed by atoms with Crippen LogP contribution in [0.5, 0.6) is 0 Å². The molecule has 72 valence electrons. The van der Waals surface area contributed by atoms with Gasteiger partial charge in [0.1, 0.15) is 0 Å². The van der Waals surface area contributed by atoms with Crippen LogP contribution < -0.4 is 10.2 Å². The third kappa shape index (κ3) is 1.44. The largest absolute Gasteiger partial charge is 0.329 e. The molecule has 3 amide bonds. The molecule has 1 N–H and O–H groups in total. The first kappa shape index (κ1) is 9.02. The number of urea groups is 1. The molecule has 4 nitrogen and oxygen atoms in total. The molecule has 0 radical (unpaired) electrons. The van der Waals surface area contributed by atoms with Crippen molar-refractivity contribution in [1.82, 2.24) is 5.32 Å². The number of nitrogens with one attached hydrogen (secondary N) is 1. The van der Waals surface area contributed by atoms with Crippen molar-refractivity contribution in [2.45, 2.75) is 0 Å². The van der Waals surface area contributed by atoms with Gasteiger partial charge < -0.3 is 5.32 Å². The molecule has 1 saturated heterocycles. The van der Waals surface area contributed by atoms with Gasteiger partial charge in [-0.2, -0.15) is 0 Å². The first-order valence-corrected chi connectivity index (χ1v) is 4.42. The first-order valence-electron chi connectivity index (χ1n) is 4.05. The van der Waals surface area contributed by atoms with Crippen LogP contribution in [0.3, 0.4) is 0 Å². The number of carbonyl (C=O) groups excluding carboxylic acids is 2. The summed E-state index contributed by atoms with van der Waals surface area (Å²) in [6.07, 6.45) is 0. The lowest BCUT2D eigenvalue weighted by Crippen LogP contribution is -2.30. The second-order valence-electron chi connectivity index (χ2n) is 2.87. The van der Waals surface area contributed by atoms with Gasteiger partial charge in [-0.15, -0.1) is 0 Å². The summed E-state index contributed by atoms with van der Waals surface area (Å²) in [6, 6.07) is 6.20. The van der Waals surface area contributed by atoms with Crippen LogP contribution in [0.25, 0.3) is 0 Å². The van der Waals surface area contributed by atoms with Crippen LogP contribution in [0.15, 0.2) is 24.3 Å². The van der Waals surface area contributed by atoms with Crippen LogP contribution in [-0.2, 0) is 4.79 Å². The normalized spacial score (nSPS) is 15.9. The molecule has 1 heterocycles. The third-order valence-electron chi connectivity index (χ3n) is 1.91. The van der Waals surface area contributed by atoms with Gasteiger partial charge in [0.15, 0.2) is 0 Å². The maximum atomic E-state index is 11.3. The number of hydrogen-bond donors (Lipinski definition) is 1. The average Bonchev–Trinajstić information content (AvgIpc) is 2.46. The van der Waals surface area contributed by atoms with Crippen LogP contribution >= 0.6 is 11.6 Å². The van der Waals surface area contributed by atoms with E-state index in [2.05, 4.69) is 5.32 Å². The van der Waals surface area contributed by atoms with Crippen molar-refractivity contribution in [2.75, 3.05) is 11.4 Å². The van der Waals surface area contributed by atoms with Crippen molar-refractivity contribution < 1.29 is 9.59 Å². The van der Waals surface area contributed by atoms with E-state index in [0.717, 1.165) is 4.90 Å². The molecule has 5 heteroatoms. The van der Waals surface area contributed by atoms with E-state index in [1.165, 1.54) is 0 Å². The summed E-state index contributed by atoms with van der Waals surface area (Å²) < 4.78 is 0. The molecular formula is C9H7ClN2O2. The predicted octanol–water partition coefficient (Wildman–Crippen LogP) is 1.40. The summed E-state index contributed by atoms with van der Waals surface area (Å²) in [4.78, 5) is 23.6. The Labute approximate surface area is 85.5 Å². The van der Waals surface area contributed by atoms with Gasteiger partial charge in [-0.1, -0.05) is 17.7 Å². The van der Waals surface area contributed by atoms with E-state index in [9.17, 15) is 9.59 Å². The molecule has 0 bridgehead atoms. The van der Waals surface area contributed by atoms with Gasteiger partial charge in [-0.05, 0) is 18.2 Å². The monoisotopic (exact) mass is 210 g/mol. The van der Waals surface area contributed by atoms with Crippen molar-refractivity contribution in [3.05, 3.63) is 29.3 Å². The first-order chi connectivity index (χ1) is 6.68. The summed E-state index contributed by atoms with van der Waals surface area (Å²) in [5, 5.41) is 2.93. The second kappa shape index (κ2) is 3.31. The highest BCUT2D eigenvalue weighted by Crippen LogP contribution is 2.21. The van der Waals surface area contributed by atoms with Crippen molar-refractivity contribution in [3.8, 4) is 0 Å². The van der Waals surface area contributed by atoms with Crippen molar-refractivity contribution >= 4 is 29.2 Å². The molecule has 1 aromatic carbocycles. The van der Waals surface area contributed by atoms with Crippen LogP contribution in [0.4, 0.5) is 10.5 Å². The van der Waals surface area contributed by atoms with E-state index >= 15 is 0 Å². The molecule has 0 atom stereocenters. The predicted molar refractivity (Wildman–Crippen MR) is 52.3 cm³/mol. The maximum absolute atomic E-state index is 11.3. The molecule has 0 aromatic heterocycles. The van der Waals surface area contributed by atoms with Crippen molar-refractivity contribution in [3.63, 3.8) is 0 Å². The minimum Gasteiger partial charge on any atom is -0.328 e. The van der Waals surface area contributed by atoms with E-state index in [1.807, 2.05) is 0 Å². The number of nitrogens with zero attached hydrogens (tertiary/aromatic N) is 1. The van der Waals surface area contributed by atoms with E-state index in [0.29, 0.717) is 10.7 Å². The number of rotatable bonds is 1. The number of imide groups is 1. The van der Waals surface area contributed by atoms with Gasteiger partial charge in [0.2, 0.25) is 0 Å². The Hall–Kier alpha value is -1.55. The van der Waals surface area contributed by atoms with E-state index in [1.54, 1.807) is 24.3 Å². The number of amides is 3. The van der Waals surface area contributed by atoms with Crippen molar-refractivity contribution in [2.24, 2.45) is 0 Å². The minimum absolute atomic E-state index is 0.0470. The fourth-order valence-corrected chi connectivity index (χ4v) is 1.48. The molecule has 0 spiro atoms. The number of anilines is 1. The molecule has 1 aliphatic heterocycles. The molecular weight excluding hydrogens is 204 g/mol. The third-order valence-corrected chi connectivity index (χ3v) is 2.14. The van der Waals surface area contributed by atoms with E-state index in [4.69, 9.17) is 11.6 Å². The molecule has 2 rings (SSSR count). The lowest BCUT2D eigenvalue weighted by molar-refractivity contribution is -0.115. The van der Waals surface area contributed by atoms with Crippen LogP contribution in [0.2, 0.25) is 5.02 Å². The Kier molecular flexibility index (Phi) is 2.13. The Morgan fingerprint density at radius 3 is 2.71 bits per heavy atom. The van der Waals surface area contributed by atoms with Gasteiger partial charge >= 0.3 is 6.03 Å². The fraction of sp³-hybridized carbons (Fsp3) is 0.111. The van der Waals surface area contributed by atoms with Crippen LogP contribution in [0, 0.1) is 0 Å². The van der Waals surface area contributed by atoms with E-state index in [-0.39, 0.29) is 12.5 Å². The minimum atomic E-state index is -0.405. The summed E-state index contributed by atoms with van der Waals surface area (Å²) in [6.45, 7) is 0.0470. The Bertz CT molecular complexity index is 390. The SMILES string of the molecule is O=C1CNC(=O)N1c1cccc(Cl)c1. The zero-order valence-corrected chi connectivity index (χ0v) is 7.91. The van der Waals surface area contributed by atoms with E-state index < -0.39 is 6.03 Å². The molecule has 0 unspecified atom stereocenters. The summed E-state index contributed by atoms with van der Waals surface area (Å²) in [5.41, 5.74) is 0.498. The molecule has 14 heavy (non-hydrogen) atoms. The highest BCUT2D eigenvalue weighted by atomic mass is 35.5. The van der Waals surface area contributed by atoms with Gasteiger partial charge in [0, 0.05) is 5.02 Å². The Morgan fingerprint density at radius 2 is 2.14 bits per heavy atom. The zero-order chi connectivity index (χ0) is 10.1. The second-order valence-corrected chi connectivity index (χ2v) is 3.30. The summed E-state index contributed by atoms with van der Waals surface area (Å²) in [7, 11) is 0. The molecule has 0 saturated carbocycles. The van der Waals surface area contributed by atoms with Crippen molar-refractivity contribution in [1.29, 1.82) is 0 Å². The number of benzene rings is 1. The van der Waals surface area contributed by atoms with Crippen LogP contribution in [0.1, 0.15) is 0 Å². The quantitative estimate of drug-likeness (QED) is 0.713. The van der Waals surface area contributed by atoms with Gasteiger partial charge in [-0.3, -0.25) is 4.79 Å². The number of hydrogen-bond acceptors (Lipinski definition) is 2. The molecule has 1 aromatic rings. The molecule has 1 aliphatic rings. The van der Waals surface area contributed by atoms with Gasteiger partial charge in [0.25, 0.3) is 5.91 Å². The Morgan fingerprint density at radius 1 is 1.36 bits per heavy atom. The summed E-state index contributed by atoms with van der Waals surface area (Å²) in [5.74, 6) is -0.266. The zero-order valence-electron chi connectivity index (χ0n) is 7.16. The highest BCUT2D eigenvalue weighted by molar-refractivity contribution is 6.31. The summed E-state index contributed by atoms with van der Waals surface area (Å²) >= 11 is 5.75. The van der Waals surface area contributed by atoms with Gasteiger partial charge in [0.05, 0.1) is 12.2 Å². The van der Waals surface area contributed by atoms with Gasteiger partial charge in [-0.25, -0.2) is 9.69 Å². The lowest BCUT2D eigenvalue weighted by atomic mass is 10.3. The lowest BCUT2D eigenvalue weighted by Gasteiger charge is -2.11. The maximum Gasteiger partial charge on any atom is 0.329 e. The average molecular weight is 211 g/mol. The van der Waals surface area contributed by atoms with Crippen LogP contribution in [-0.4, -0.2) is 18.5 Å². The molecule has 0 aliphatic carbocycles. The standard InChI is InChI=1S/C9H7ClN2O2/c10-6-2-1-3-7(4-6)12-8(13)5-11-9(12)14/h1-4H,5H2,(H,11,14). The number of halogens is 1. The number of carbonyl (C=O) groups is 2. The Balaban J connectivity index is 2.39. The fourth-order valence-electron chi connectivity index (χ4n) is 1.30. The molecule has 1 fully saturated rings.